The van der Waals surface area contributed by atoms with Gasteiger partial charge in [-0.05, 0) is 17.7 Å². The van der Waals surface area contributed by atoms with Gasteiger partial charge in [-0.2, -0.15) is 0 Å². The Balaban J connectivity index is 1.77. The minimum Gasteiger partial charge on any atom is -0.502 e. The van der Waals surface area contributed by atoms with E-state index in [0.29, 0.717) is 74.6 Å². The number of morpholine rings is 1. The number of nitrogens with zero attached hydrogens (tertiary/aromatic N) is 1. The second-order valence-corrected chi connectivity index (χ2v) is 7.76. The summed E-state index contributed by atoms with van der Waals surface area (Å²) < 4.78 is 33.1. The van der Waals surface area contributed by atoms with Crippen LogP contribution in [0.25, 0.3) is 0 Å². The Hall–Kier alpha value is -3.24. The molecular weight excluding hydrogens is 434 g/mol. The monoisotopic (exact) mass is 461 g/mol. The first-order valence-corrected chi connectivity index (χ1v) is 10.7. The third-order valence-corrected chi connectivity index (χ3v) is 5.65. The summed E-state index contributed by atoms with van der Waals surface area (Å²) in [6.45, 7) is 3.70. The molecule has 33 heavy (non-hydrogen) atoms. The number of hydrogen-bond acceptors (Lipinski definition) is 10. The highest BCUT2D eigenvalue weighted by atomic mass is 16.6. The average Bonchev–Trinajstić information content (AvgIpc) is 2.84. The van der Waals surface area contributed by atoms with Crippen LogP contribution in [-0.2, 0) is 20.8 Å². The highest BCUT2D eigenvalue weighted by Gasteiger charge is 2.30. The minimum absolute atomic E-state index is 0.0186. The summed E-state index contributed by atoms with van der Waals surface area (Å²) in [6, 6.07) is 4.64. The number of aromatic hydroxyl groups is 1. The molecule has 1 saturated heterocycles. The Labute approximate surface area is 190 Å². The SMILES string of the molecule is COC(=O)C[C@@H](c1cc(OC)c2c(c1)OCCO2)c1oc(CN2CCOCC2)cc(=O)c1O. The lowest BCUT2D eigenvalue weighted by Crippen LogP contribution is -2.35. The zero-order valence-corrected chi connectivity index (χ0v) is 18.6. The number of ether oxygens (including phenoxy) is 5. The lowest BCUT2D eigenvalue weighted by atomic mass is 9.91. The second-order valence-electron chi connectivity index (χ2n) is 7.76. The van der Waals surface area contributed by atoms with Crippen molar-refractivity contribution in [3.05, 3.63) is 45.5 Å². The fourth-order valence-electron chi connectivity index (χ4n) is 3.96. The molecule has 0 radical (unpaired) electrons. The van der Waals surface area contributed by atoms with Gasteiger partial charge in [0.15, 0.2) is 17.3 Å². The molecule has 178 valence electrons. The van der Waals surface area contributed by atoms with E-state index in [-0.39, 0.29) is 12.2 Å². The Morgan fingerprint density at radius 2 is 1.88 bits per heavy atom. The van der Waals surface area contributed by atoms with Crippen LogP contribution in [0.4, 0.5) is 0 Å². The quantitative estimate of drug-likeness (QED) is 0.610. The Kier molecular flexibility index (Phi) is 7.05. The molecule has 3 heterocycles. The molecule has 1 N–H and O–H groups in total. The molecule has 0 spiro atoms. The van der Waals surface area contributed by atoms with Gasteiger partial charge in [-0.15, -0.1) is 0 Å². The number of carbonyl (C=O) groups is 1. The minimum atomic E-state index is -0.820. The molecule has 0 bridgehead atoms. The maximum atomic E-state index is 12.6. The first-order valence-electron chi connectivity index (χ1n) is 10.7. The van der Waals surface area contributed by atoms with E-state index in [0.717, 1.165) is 0 Å². The van der Waals surface area contributed by atoms with Crippen LogP contribution in [0.15, 0.2) is 27.4 Å². The molecule has 4 rings (SSSR count). The third kappa shape index (κ3) is 5.07. The molecule has 2 aliphatic rings. The molecule has 2 aromatic rings. The fraction of sp³-hybridized carbons (Fsp3) is 0.478. The molecule has 0 amide bonds. The Bertz CT molecular complexity index is 1040. The molecule has 1 aromatic carbocycles. The van der Waals surface area contributed by atoms with E-state index in [2.05, 4.69) is 4.90 Å². The summed E-state index contributed by atoms with van der Waals surface area (Å²) >= 11 is 0. The molecule has 1 aromatic heterocycles. The van der Waals surface area contributed by atoms with Crippen molar-refractivity contribution < 1.29 is 38.0 Å². The van der Waals surface area contributed by atoms with Gasteiger partial charge in [0, 0.05) is 19.2 Å². The molecule has 0 saturated carbocycles. The molecule has 10 nitrogen and oxygen atoms in total. The van der Waals surface area contributed by atoms with Gasteiger partial charge in [0.2, 0.25) is 16.9 Å². The van der Waals surface area contributed by atoms with E-state index in [1.807, 2.05) is 0 Å². The van der Waals surface area contributed by atoms with Crippen molar-refractivity contribution in [1.82, 2.24) is 4.90 Å². The molecule has 2 aliphatic heterocycles. The van der Waals surface area contributed by atoms with Gasteiger partial charge in [-0.3, -0.25) is 14.5 Å². The van der Waals surface area contributed by atoms with E-state index < -0.39 is 23.1 Å². The standard InChI is InChI=1S/C23H27NO9/c1-28-18-9-14(10-19-23(18)32-8-7-31-19)16(12-20(26)29-2)22-21(27)17(25)11-15(33-22)13-24-3-5-30-6-4-24/h9-11,16,27H,3-8,12-13H2,1-2H3/t16-/m0/s1. The molecular formula is C23H27NO9. The van der Waals surface area contributed by atoms with Crippen molar-refractivity contribution >= 4 is 5.97 Å². The van der Waals surface area contributed by atoms with Gasteiger partial charge in [-0.25, -0.2) is 0 Å². The number of carbonyl (C=O) groups excluding carboxylic acids is 1. The number of methoxy groups -OCH3 is 2. The largest absolute Gasteiger partial charge is 0.502 e. The maximum absolute atomic E-state index is 12.6. The average molecular weight is 461 g/mol. The zero-order valence-electron chi connectivity index (χ0n) is 18.6. The molecule has 1 fully saturated rings. The highest BCUT2D eigenvalue weighted by Crippen LogP contribution is 2.44. The number of benzene rings is 1. The number of esters is 1. The van der Waals surface area contributed by atoms with Crippen molar-refractivity contribution in [2.45, 2.75) is 18.9 Å². The van der Waals surface area contributed by atoms with Gasteiger partial charge in [0.25, 0.3) is 0 Å². The first kappa shape index (κ1) is 22.9. The van der Waals surface area contributed by atoms with Crippen LogP contribution in [-0.4, -0.2) is 69.7 Å². The Morgan fingerprint density at radius 1 is 1.12 bits per heavy atom. The summed E-state index contributed by atoms with van der Waals surface area (Å²) in [7, 11) is 2.77. The summed E-state index contributed by atoms with van der Waals surface area (Å²) in [6.07, 6.45) is -0.170. The normalized spacial score (nSPS) is 16.8. The zero-order chi connectivity index (χ0) is 23.4. The lowest BCUT2D eigenvalue weighted by Gasteiger charge is -2.26. The smallest absolute Gasteiger partial charge is 0.306 e. The van der Waals surface area contributed by atoms with Crippen molar-refractivity contribution in [2.75, 3.05) is 53.7 Å². The van der Waals surface area contributed by atoms with Gasteiger partial charge in [0.05, 0.1) is 46.3 Å². The van der Waals surface area contributed by atoms with Crippen LogP contribution >= 0.6 is 0 Å². The van der Waals surface area contributed by atoms with E-state index >= 15 is 0 Å². The van der Waals surface area contributed by atoms with Crippen molar-refractivity contribution in [1.29, 1.82) is 0 Å². The predicted octanol–water partition coefficient (Wildman–Crippen LogP) is 1.65. The highest BCUT2D eigenvalue weighted by molar-refractivity contribution is 5.71. The topological polar surface area (TPSA) is 117 Å². The maximum Gasteiger partial charge on any atom is 0.306 e. The van der Waals surface area contributed by atoms with Gasteiger partial charge in [0.1, 0.15) is 19.0 Å². The van der Waals surface area contributed by atoms with Gasteiger partial charge >= 0.3 is 5.97 Å². The summed E-state index contributed by atoms with van der Waals surface area (Å²) in [5.74, 6) is -0.238. The van der Waals surface area contributed by atoms with Crippen LogP contribution < -0.4 is 19.6 Å². The third-order valence-electron chi connectivity index (χ3n) is 5.65. The summed E-state index contributed by atoms with van der Waals surface area (Å²) in [4.78, 5) is 27.0. The predicted molar refractivity (Wildman–Crippen MR) is 115 cm³/mol. The number of hydrogen-bond donors (Lipinski definition) is 1. The van der Waals surface area contributed by atoms with Crippen LogP contribution in [0.3, 0.4) is 0 Å². The molecule has 0 unspecified atom stereocenters. The molecule has 0 aliphatic carbocycles. The Morgan fingerprint density at radius 3 is 2.61 bits per heavy atom. The second kappa shape index (κ2) is 10.1. The van der Waals surface area contributed by atoms with Crippen LogP contribution in [0, 0.1) is 0 Å². The van der Waals surface area contributed by atoms with Crippen molar-refractivity contribution in [3.63, 3.8) is 0 Å². The van der Waals surface area contributed by atoms with E-state index in [4.69, 9.17) is 28.1 Å². The fourth-order valence-corrected chi connectivity index (χ4v) is 3.96. The summed E-state index contributed by atoms with van der Waals surface area (Å²) in [5, 5.41) is 10.6. The van der Waals surface area contributed by atoms with Gasteiger partial charge < -0.3 is 33.2 Å². The number of fused-ring (bicyclic) bond motifs is 1. The van der Waals surface area contributed by atoms with Crippen molar-refractivity contribution in [2.24, 2.45) is 0 Å². The van der Waals surface area contributed by atoms with Crippen LogP contribution in [0.5, 0.6) is 23.0 Å². The molecule has 1 atom stereocenters. The lowest BCUT2D eigenvalue weighted by molar-refractivity contribution is -0.140. The summed E-state index contributed by atoms with van der Waals surface area (Å²) in [5.41, 5.74) is -0.0395. The van der Waals surface area contributed by atoms with Gasteiger partial charge in [-0.1, -0.05) is 0 Å². The van der Waals surface area contributed by atoms with Crippen LogP contribution in [0.1, 0.15) is 29.4 Å². The molecule has 10 heteroatoms. The van der Waals surface area contributed by atoms with Crippen LogP contribution in [0.2, 0.25) is 0 Å². The number of rotatable bonds is 7. The van der Waals surface area contributed by atoms with Crippen molar-refractivity contribution in [3.8, 4) is 23.0 Å². The van der Waals surface area contributed by atoms with E-state index in [1.54, 1.807) is 12.1 Å². The van der Waals surface area contributed by atoms with E-state index in [9.17, 15) is 14.7 Å². The first-order chi connectivity index (χ1) is 16.0. The van der Waals surface area contributed by atoms with E-state index in [1.165, 1.54) is 20.3 Å².